The first-order valence-electron chi connectivity index (χ1n) is 8.57. The molecule has 2 aromatic carbocycles. The van der Waals surface area contributed by atoms with E-state index in [1.54, 1.807) is 12.1 Å². The number of unbranched alkanes of at least 4 members (excludes halogenated alkanes) is 2. The molecule has 0 amide bonds. The number of carbonyl (C=O) groups excluding carboxylic acids is 1. The van der Waals surface area contributed by atoms with Gasteiger partial charge in [-0.15, -0.1) is 0 Å². The lowest BCUT2D eigenvalue weighted by atomic mass is 10.00. The molecule has 3 aromatic rings. The van der Waals surface area contributed by atoms with Gasteiger partial charge >= 0.3 is 11.8 Å². The highest BCUT2D eigenvalue weighted by molar-refractivity contribution is 6.11. The van der Waals surface area contributed by atoms with Gasteiger partial charge in [0.25, 0.3) is 5.78 Å². The Morgan fingerprint density at radius 2 is 1.81 bits per heavy atom. The van der Waals surface area contributed by atoms with Gasteiger partial charge in [0.05, 0.1) is 5.39 Å². The normalized spacial score (nSPS) is 12.0. The monoisotopic (exact) mass is 378 g/mol. The number of halogens is 3. The van der Waals surface area contributed by atoms with Crippen LogP contribution in [0.4, 0.5) is 13.2 Å². The summed E-state index contributed by atoms with van der Waals surface area (Å²) in [5, 5.41) is 11.2. The zero-order valence-electron chi connectivity index (χ0n) is 14.5. The average molecular weight is 378 g/mol. The summed E-state index contributed by atoms with van der Waals surface area (Å²) in [4.78, 5) is 23.4. The van der Waals surface area contributed by atoms with E-state index in [4.69, 9.17) is 4.42 Å². The van der Waals surface area contributed by atoms with Gasteiger partial charge in [-0.2, -0.15) is 13.2 Å². The van der Waals surface area contributed by atoms with Gasteiger partial charge in [0, 0.05) is 5.39 Å². The highest BCUT2D eigenvalue weighted by atomic mass is 19.4. The maximum Gasteiger partial charge on any atom is 0.455 e. The first kappa shape index (κ1) is 18.9. The van der Waals surface area contributed by atoms with Gasteiger partial charge in [-0.25, -0.2) is 4.79 Å². The highest BCUT2D eigenvalue weighted by Gasteiger charge is 2.43. The lowest BCUT2D eigenvalue weighted by Gasteiger charge is -2.10. The Bertz CT molecular complexity index is 1080. The van der Waals surface area contributed by atoms with E-state index in [1.807, 2.05) is 12.1 Å². The van der Waals surface area contributed by atoms with Crippen molar-refractivity contribution >= 4 is 27.5 Å². The number of hydrogen-bond donors (Lipinski definition) is 1. The molecule has 1 heterocycles. The van der Waals surface area contributed by atoms with E-state index in [0.29, 0.717) is 5.39 Å². The number of aromatic hydroxyl groups is 1. The van der Waals surface area contributed by atoms with Crippen molar-refractivity contribution < 1.29 is 27.5 Å². The van der Waals surface area contributed by atoms with Crippen molar-refractivity contribution in [2.75, 3.05) is 0 Å². The fourth-order valence-electron chi connectivity index (χ4n) is 3.10. The molecule has 7 heteroatoms. The molecule has 0 fully saturated rings. The summed E-state index contributed by atoms with van der Waals surface area (Å²) in [5.41, 5.74) is -1.87. The fraction of sp³-hybridized carbons (Fsp3) is 0.300. The Hall–Kier alpha value is -2.83. The van der Waals surface area contributed by atoms with Gasteiger partial charge in [-0.1, -0.05) is 44.0 Å². The summed E-state index contributed by atoms with van der Waals surface area (Å²) in [5.74, 6) is -3.44. The number of hydrogen-bond acceptors (Lipinski definition) is 4. The van der Waals surface area contributed by atoms with Crippen LogP contribution >= 0.6 is 0 Å². The summed E-state index contributed by atoms with van der Waals surface area (Å²) >= 11 is 0. The third-order valence-electron chi connectivity index (χ3n) is 4.48. The molecule has 1 N–H and O–H groups in total. The second kappa shape index (κ2) is 7.06. The molecular formula is C20H17F3O4. The van der Waals surface area contributed by atoms with Crippen molar-refractivity contribution in [2.45, 2.75) is 38.8 Å². The predicted octanol–water partition coefficient (Wildman–Crippen LogP) is 5.13. The van der Waals surface area contributed by atoms with Gasteiger partial charge in [-0.05, 0) is 29.9 Å². The molecule has 1 aromatic heterocycles. The Balaban J connectivity index is 2.16. The van der Waals surface area contributed by atoms with Crippen LogP contribution in [0.5, 0.6) is 5.75 Å². The molecule has 0 aliphatic heterocycles. The number of rotatable bonds is 5. The Morgan fingerprint density at radius 1 is 1.11 bits per heavy atom. The molecule has 0 saturated heterocycles. The molecule has 142 valence electrons. The summed E-state index contributed by atoms with van der Waals surface area (Å²) < 4.78 is 43.0. The van der Waals surface area contributed by atoms with E-state index >= 15 is 0 Å². The highest BCUT2D eigenvalue weighted by Crippen LogP contribution is 2.34. The topological polar surface area (TPSA) is 67.5 Å². The minimum Gasteiger partial charge on any atom is -0.506 e. The Kier molecular flexibility index (Phi) is 4.95. The Labute approximate surface area is 152 Å². The van der Waals surface area contributed by atoms with Crippen LogP contribution in [0.15, 0.2) is 39.5 Å². The van der Waals surface area contributed by atoms with E-state index in [-0.39, 0.29) is 11.0 Å². The third-order valence-corrected chi connectivity index (χ3v) is 4.48. The fourth-order valence-corrected chi connectivity index (χ4v) is 3.10. The van der Waals surface area contributed by atoms with Gasteiger partial charge in [0.1, 0.15) is 11.3 Å². The molecule has 27 heavy (non-hydrogen) atoms. The molecule has 0 aliphatic rings. The second-order valence-corrected chi connectivity index (χ2v) is 6.39. The van der Waals surface area contributed by atoms with Crippen LogP contribution in [0.3, 0.4) is 0 Å². The zero-order valence-corrected chi connectivity index (χ0v) is 14.5. The predicted molar refractivity (Wildman–Crippen MR) is 95.3 cm³/mol. The zero-order chi connectivity index (χ0) is 19.8. The standard InChI is InChI=1S/C20H17F3O4/c1-2-3-4-5-11-6-8-13-12(10-11)7-9-14-16(24)15(18(25)20(21,22)23)19(26)27-17(13)14/h6-10,24H,2-5H2,1H3. The molecule has 0 atom stereocenters. The van der Waals surface area contributed by atoms with Crippen molar-refractivity contribution in [3.8, 4) is 5.75 Å². The Morgan fingerprint density at radius 3 is 2.48 bits per heavy atom. The summed E-state index contributed by atoms with van der Waals surface area (Å²) in [6.07, 6.45) is -1.16. The van der Waals surface area contributed by atoms with Crippen molar-refractivity contribution in [1.82, 2.24) is 0 Å². The molecule has 0 spiro atoms. The molecule has 0 aliphatic carbocycles. The van der Waals surface area contributed by atoms with E-state index < -0.39 is 28.9 Å². The largest absolute Gasteiger partial charge is 0.506 e. The lowest BCUT2D eigenvalue weighted by Crippen LogP contribution is -2.28. The summed E-state index contributed by atoms with van der Waals surface area (Å²) in [7, 11) is 0. The molecule has 0 saturated carbocycles. The van der Waals surface area contributed by atoms with Gasteiger partial charge in [0.15, 0.2) is 5.56 Å². The van der Waals surface area contributed by atoms with Crippen molar-refractivity contribution in [2.24, 2.45) is 0 Å². The summed E-state index contributed by atoms with van der Waals surface area (Å²) in [6, 6.07) is 8.42. The van der Waals surface area contributed by atoms with Crippen LogP contribution < -0.4 is 5.63 Å². The van der Waals surface area contributed by atoms with Crippen LogP contribution in [0, 0.1) is 0 Å². The van der Waals surface area contributed by atoms with E-state index in [0.717, 1.165) is 36.6 Å². The molecular weight excluding hydrogens is 361 g/mol. The number of Topliss-reactive ketones (excluding diaryl/α,β-unsaturated/α-hetero) is 1. The third kappa shape index (κ3) is 3.54. The van der Waals surface area contributed by atoms with Crippen LogP contribution in [0.1, 0.15) is 42.1 Å². The number of aryl methyl sites for hydroxylation is 1. The lowest BCUT2D eigenvalue weighted by molar-refractivity contribution is -0.0888. The first-order chi connectivity index (χ1) is 12.7. The minimum absolute atomic E-state index is 0.0474. The maximum absolute atomic E-state index is 12.7. The van der Waals surface area contributed by atoms with Crippen LogP contribution in [0.2, 0.25) is 0 Å². The van der Waals surface area contributed by atoms with Gasteiger partial charge in [0.2, 0.25) is 0 Å². The second-order valence-electron chi connectivity index (χ2n) is 6.39. The number of fused-ring (bicyclic) bond motifs is 3. The van der Waals surface area contributed by atoms with Crippen LogP contribution in [-0.4, -0.2) is 17.1 Å². The van der Waals surface area contributed by atoms with E-state index in [1.165, 1.54) is 6.07 Å². The first-order valence-corrected chi connectivity index (χ1v) is 8.57. The molecule has 4 nitrogen and oxygen atoms in total. The molecule has 0 bridgehead atoms. The van der Waals surface area contributed by atoms with Crippen molar-refractivity contribution in [1.29, 1.82) is 0 Å². The van der Waals surface area contributed by atoms with Gasteiger partial charge in [-0.3, -0.25) is 4.79 Å². The molecule has 0 radical (unpaired) electrons. The minimum atomic E-state index is -5.29. The van der Waals surface area contributed by atoms with Crippen molar-refractivity contribution in [3.05, 3.63) is 51.9 Å². The van der Waals surface area contributed by atoms with Crippen LogP contribution in [0.25, 0.3) is 21.7 Å². The van der Waals surface area contributed by atoms with Crippen LogP contribution in [-0.2, 0) is 6.42 Å². The smallest absolute Gasteiger partial charge is 0.455 e. The number of benzene rings is 2. The molecule has 3 rings (SSSR count). The number of ketones is 1. The van der Waals surface area contributed by atoms with E-state index in [2.05, 4.69) is 6.92 Å². The number of carbonyl (C=O) groups is 1. The quantitative estimate of drug-likeness (QED) is 0.289. The maximum atomic E-state index is 12.7. The SMILES string of the molecule is CCCCCc1ccc2c(ccc3c(O)c(C(=O)C(F)(F)F)c(=O)oc32)c1. The molecule has 0 unspecified atom stereocenters. The summed E-state index contributed by atoms with van der Waals surface area (Å²) in [6.45, 7) is 2.11. The number of alkyl halides is 3. The average Bonchev–Trinajstić information content (AvgIpc) is 2.60. The van der Waals surface area contributed by atoms with Gasteiger partial charge < -0.3 is 9.52 Å². The van der Waals surface area contributed by atoms with E-state index in [9.17, 15) is 27.9 Å². The van der Waals surface area contributed by atoms with Crippen molar-refractivity contribution in [3.63, 3.8) is 0 Å².